The van der Waals surface area contributed by atoms with Crippen LogP contribution in [0.4, 0.5) is 0 Å². The fraction of sp³-hybridized carbons (Fsp3) is 0.600. The SMILES string of the molecule is CC(C)CCC(C)NC(C)c1ccc(S(N)(=O)=O)cc1. The molecule has 1 rings (SSSR count). The number of rotatable bonds is 7. The van der Waals surface area contributed by atoms with Crippen molar-refractivity contribution in [1.82, 2.24) is 5.32 Å². The number of sulfonamides is 1. The van der Waals surface area contributed by atoms with Crippen LogP contribution in [0.2, 0.25) is 0 Å². The second kappa shape index (κ2) is 7.20. The Morgan fingerprint density at radius 1 is 1.05 bits per heavy atom. The van der Waals surface area contributed by atoms with Gasteiger partial charge in [0.15, 0.2) is 0 Å². The van der Waals surface area contributed by atoms with E-state index in [2.05, 4.69) is 33.0 Å². The molecule has 1 aromatic carbocycles. The van der Waals surface area contributed by atoms with Gasteiger partial charge in [-0.25, -0.2) is 13.6 Å². The van der Waals surface area contributed by atoms with E-state index in [9.17, 15) is 8.42 Å². The highest BCUT2D eigenvalue weighted by molar-refractivity contribution is 7.89. The zero-order chi connectivity index (χ0) is 15.3. The van der Waals surface area contributed by atoms with Gasteiger partial charge in [-0.3, -0.25) is 0 Å². The molecule has 0 saturated carbocycles. The molecule has 0 fully saturated rings. The maximum atomic E-state index is 11.2. The molecule has 5 heteroatoms. The molecular weight excluding hydrogens is 272 g/mol. The van der Waals surface area contributed by atoms with Gasteiger partial charge < -0.3 is 5.32 Å². The average Bonchev–Trinajstić information content (AvgIpc) is 2.35. The zero-order valence-corrected chi connectivity index (χ0v) is 13.6. The first kappa shape index (κ1) is 17.1. The van der Waals surface area contributed by atoms with E-state index in [1.807, 2.05) is 12.1 Å². The Morgan fingerprint density at radius 3 is 2.05 bits per heavy atom. The molecule has 2 atom stereocenters. The van der Waals surface area contributed by atoms with E-state index < -0.39 is 10.0 Å². The number of hydrogen-bond donors (Lipinski definition) is 2. The summed E-state index contributed by atoms with van der Waals surface area (Å²) in [7, 11) is -3.61. The molecule has 2 unspecified atom stereocenters. The van der Waals surface area contributed by atoms with Crippen LogP contribution < -0.4 is 10.5 Å². The van der Waals surface area contributed by atoms with Crippen LogP contribution in [0.5, 0.6) is 0 Å². The van der Waals surface area contributed by atoms with Crippen molar-refractivity contribution in [3.63, 3.8) is 0 Å². The largest absolute Gasteiger partial charge is 0.308 e. The molecule has 114 valence electrons. The third kappa shape index (κ3) is 5.61. The predicted molar refractivity (Wildman–Crippen MR) is 82.9 cm³/mol. The molecule has 0 aliphatic carbocycles. The quantitative estimate of drug-likeness (QED) is 0.813. The lowest BCUT2D eigenvalue weighted by Crippen LogP contribution is -2.29. The summed E-state index contributed by atoms with van der Waals surface area (Å²) in [6.07, 6.45) is 2.34. The van der Waals surface area contributed by atoms with E-state index in [1.165, 1.54) is 6.42 Å². The van der Waals surface area contributed by atoms with E-state index in [4.69, 9.17) is 5.14 Å². The first-order valence-corrected chi connectivity index (χ1v) is 8.63. The summed E-state index contributed by atoms with van der Waals surface area (Å²) >= 11 is 0. The van der Waals surface area contributed by atoms with E-state index in [1.54, 1.807) is 12.1 Å². The maximum absolute atomic E-state index is 11.2. The number of nitrogens with one attached hydrogen (secondary N) is 1. The third-order valence-corrected chi connectivity index (χ3v) is 4.35. The molecule has 1 aromatic rings. The lowest BCUT2D eigenvalue weighted by atomic mass is 10.0. The zero-order valence-electron chi connectivity index (χ0n) is 12.8. The van der Waals surface area contributed by atoms with E-state index >= 15 is 0 Å². The molecule has 0 bridgehead atoms. The van der Waals surface area contributed by atoms with Gasteiger partial charge in [-0.05, 0) is 50.3 Å². The van der Waals surface area contributed by atoms with Crippen LogP contribution in [0.1, 0.15) is 52.1 Å². The van der Waals surface area contributed by atoms with Crippen LogP contribution in [0, 0.1) is 5.92 Å². The van der Waals surface area contributed by atoms with Gasteiger partial charge in [0.2, 0.25) is 10.0 Å². The molecule has 0 radical (unpaired) electrons. The van der Waals surface area contributed by atoms with Gasteiger partial charge in [0, 0.05) is 12.1 Å². The fourth-order valence-electron chi connectivity index (χ4n) is 2.14. The predicted octanol–water partition coefficient (Wildman–Crippen LogP) is 2.81. The summed E-state index contributed by atoms with van der Waals surface area (Å²) in [6, 6.07) is 7.36. The monoisotopic (exact) mass is 298 g/mol. The van der Waals surface area contributed by atoms with E-state index in [0.717, 1.165) is 12.0 Å². The van der Waals surface area contributed by atoms with Crippen molar-refractivity contribution in [2.24, 2.45) is 11.1 Å². The van der Waals surface area contributed by atoms with Gasteiger partial charge in [0.25, 0.3) is 0 Å². The number of hydrogen-bond acceptors (Lipinski definition) is 3. The molecule has 0 aliphatic rings. The summed E-state index contributed by atoms with van der Waals surface area (Å²) in [5, 5.41) is 8.62. The number of primary sulfonamides is 1. The Kier molecular flexibility index (Phi) is 6.17. The van der Waals surface area contributed by atoms with Crippen molar-refractivity contribution in [3.05, 3.63) is 29.8 Å². The Balaban J connectivity index is 2.62. The second-order valence-corrected chi connectivity index (χ2v) is 7.44. The van der Waals surface area contributed by atoms with Crippen LogP contribution in [0.25, 0.3) is 0 Å². The highest BCUT2D eigenvalue weighted by Crippen LogP contribution is 2.17. The number of benzene rings is 1. The lowest BCUT2D eigenvalue weighted by Gasteiger charge is -2.21. The van der Waals surface area contributed by atoms with Gasteiger partial charge in [-0.2, -0.15) is 0 Å². The Hall–Kier alpha value is -0.910. The smallest absolute Gasteiger partial charge is 0.238 e. The minimum absolute atomic E-state index is 0.154. The molecular formula is C15H26N2O2S. The molecule has 3 N–H and O–H groups in total. The average molecular weight is 298 g/mol. The van der Waals surface area contributed by atoms with Crippen LogP contribution in [0.3, 0.4) is 0 Å². The molecule has 4 nitrogen and oxygen atoms in total. The minimum atomic E-state index is -3.61. The van der Waals surface area contributed by atoms with Crippen molar-refractivity contribution in [1.29, 1.82) is 0 Å². The van der Waals surface area contributed by atoms with Crippen LogP contribution >= 0.6 is 0 Å². The Labute approximate surface area is 122 Å². The van der Waals surface area contributed by atoms with Crippen molar-refractivity contribution in [3.8, 4) is 0 Å². The Bertz CT molecular complexity index is 509. The van der Waals surface area contributed by atoms with Gasteiger partial charge in [-0.1, -0.05) is 26.0 Å². The summed E-state index contributed by atoms with van der Waals surface area (Å²) in [5.41, 5.74) is 1.06. The summed E-state index contributed by atoms with van der Waals surface area (Å²) in [4.78, 5) is 0.154. The van der Waals surface area contributed by atoms with Crippen LogP contribution in [0.15, 0.2) is 29.2 Å². The minimum Gasteiger partial charge on any atom is -0.308 e. The summed E-state index contributed by atoms with van der Waals surface area (Å²) in [6.45, 7) is 8.71. The molecule has 0 amide bonds. The molecule has 0 saturated heterocycles. The summed E-state index contributed by atoms with van der Waals surface area (Å²) in [5.74, 6) is 0.712. The summed E-state index contributed by atoms with van der Waals surface area (Å²) < 4.78 is 22.4. The van der Waals surface area contributed by atoms with Gasteiger partial charge >= 0.3 is 0 Å². The van der Waals surface area contributed by atoms with Crippen molar-refractivity contribution in [2.75, 3.05) is 0 Å². The second-order valence-electron chi connectivity index (χ2n) is 5.87. The van der Waals surface area contributed by atoms with Crippen molar-refractivity contribution in [2.45, 2.75) is 57.5 Å². The molecule has 0 aliphatic heterocycles. The first-order valence-electron chi connectivity index (χ1n) is 7.09. The standard InChI is InChI=1S/C15H26N2O2S/c1-11(2)5-6-12(3)17-13(4)14-7-9-15(10-8-14)20(16,18)19/h7-13,17H,5-6H2,1-4H3,(H2,16,18,19). The third-order valence-electron chi connectivity index (χ3n) is 3.42. The molecule has 0 aromatic heterocycles. The topological polar surface area (TPSA) is 72.2 Å². The first-order chi connectivity index (χ1) is 9.20. The van der Waals surface area contributed by atoms with Gasteiger partial charge in [0.1, 0.15) is 0 Å². The Morgan fingerprint density at radius 2 is 1.60 bits per heavy atom. The molecule has 0 heterocycles. The van der Waals surface area contributed by atoms with Gasteiger partial charge in [-0.15, -0.1) is 0 Å². The van der Waals surface area contributed by atoms with Crippen molar-refractivity contribution < 1.29 is 8.42 Å². The van der Waals surface area contributed by atoms with Gasteiger partial charge in [0.05, 0.1) is 4.90 Å². The number of nitrogens with two attached hydrogens (primary N) is 1. The molecule has 0 spiro atoms. The van der Waals surface area contributed by atoms with Crippen LogP contribution in [-0.2, 0) is 10.0 Å². The highest BCUT2D eigenvalue weighted by Gasteiger charge is 2.12. The van der Waals surface area contributed by atoms with Crippen molar-refractivity contribution >= 4 is 10.0 Å². The maximum Gasteiger partial charge on any atom is 0.238 e. The van der Waals surface area contributed by atoms with Crippen LogP contribution in [-0.4, -0.2) is 14.5 Å². The molecule has 20 heavy (non-hydrogen) atoms. The highest BCUT2D eigenvalue weighted by atomic mass is 32.2. The normalized spacial score (nSPS) is 15.3. The fourth-order valence-corrected chi connectivity index (χ4v) is 2.65. The van der Waals surface area contributed by atoms with E-state index in [0.29, 0.717) is 12.0 Å². The van der Waals surface area contributed by atoms with E-state index in [-0.39, 0.29) is 10.9 Å². The lowest BCUT2D eigenvalue weighted by molar-refractivity contribution is 0.417.